The Morgan fingerprint density at radius 1 is 1.31 bits per heavy atom. The van der Waals surface area contributed by atoms with Gasteiger partial charge in [-0.1, -0.05) is 0 Å². The predicted molar refractivity (Wildman–Crippen MR) is 56.6 cm³/mol. The Morgan fingerprint density at radius 3 is 2.56 bits per heavy atom. The standard InChI is InChI=1S/C10H16N2O4/c1-6(2)11-10-12-7(3)15-8(13)4-5-9(14)16-10/h6-7H,4-5H2,1-3H3,(H,11,12). The third kappa shape index (κ3) is 4.29. The molecule has 0 spiro atoms. The maximum atomic E-state index is 11.3. The summed E-state index contributed by atoms with van der Waals surface area (Å²) in [6.45, 7) is 5.35. The Bertz CT molecular complexity index is 312. The molecule has 1 atom stereocenters. The average Bonchev–Trinajstić information content (AvgIpc) is 2.16. The number of ether oxygens (including phenoxy) is 2. The molecule has 0 aromatic carbocycles. The molecule has 1 aliphatic heterocycles. The van der Waals surface area contributed by atoms with E-state index >= 15 is 0 Å². The van der Waals surface area contributed by atoms with Crippen LogP contribution in [0, 0.1) is 0 Å². The fraction of sp³-hybridized carbons (Fsp3) is 0.700. The van der Waals surface area contributed by atoms with Crippen molar-refractivity contribution in [3.8, 4) is 0 Å². The first-order valence-electron chi connectivity index (χ1n) is 5.22. The molecule has 1 heterocycles. The number of rotatable bonds is 1. The van der Waals surface area contributed by atoms with Crippen molar-refractivity contribution in [3.05, 3.63) is 0 Å². The minimum absolute atomic E-state index is 0.00431. The predicted octanol–water partition coefficient (Wildman–Crippen LogP) is 0.567. The van der Waals surface area contributed by atoms with Crippen LogP contribution in [0.5, 0.6) is 0 Å². The van der Waals surface area contributed by atoms with Crippen LogP contribution in [0.15, 0.2) is 4.99 Å². The molecule has 1 aliphatic rings. The normalized spacial score (nSPS) is 25.2. The number of amidine groups is 1. The van der Waals surface area contributed by atoms with Crippen LogP contribution in [-0.2, 0) is 19.1 Å². The quantitative estimate of drug-likeness (QED) is 0.664. The monoisotopic (exact) mass is 228 g/mol. The molecule has 0 amide bonds. The van der Waals surface area contributed by atoms with Gasteiger partial charge in [0, 0.05) is 6.04 Å². The summed E-state index contributed by atoms with van der Waals surface area (Å²) in [6, 6.07) is 0.0844. The molecule has 1 unspecified atom stereocenters. The van der Waals surface area contributed by atoms with Gasteiger partial charge in [0.05, 0.1) is 12.8 Å². The van der Waals surface area contributed by atoms with Gasteiger partial charge < -0.3 is 14.8 Å². The second kappa shape index (κ2) is 5.48. The summed E-state index contributed by atoms with van der Waals surface area (Å²) in [5.41, 5.74) is 0. The first-order valence-corrected chi connectivity index (χ1v) is 5.22. The Hall–Kier alpha value is -1.59. The summed E-state index contributed by atoms with van der Waals surface area (Å²) in [6.07, 6.45) is -0.527. The highest BCUT2D eigenvalue weighted by atomic mass is 16.6. The third-order valence-electron chi connectivity index (χ3n) is 1.75. The number of cyclic esters (lactones) is 2. The topological polar surface area (TPSA) is 77.0 Å². The van der Waals surface area contributed by atoms with Crippen molar-refractivity contribution in [2.24, 2.45) is 4.99 Å². The van der Waals surface area contributed by atoms with Gasteiger partial charge in [-0.25, -0.2) is 4.99 Å². The smallest absolute Gasteiger partial charge is 0.314 e. The number of hydrogen-bond donors (Lipinski definition) is 1. The molecule has 90 valence electrons. The molecule has 16 heavy (non-hydrogen) atoms. The van der Waals surface area contributed by atoms with Crippen LogP contribution in [0.2, 0.25) is 0 Å². The van der Waals surface area contributed by atoms with Gasteiger partial charge in [0.25, 0.3) is 6.02 Å². The number of esters is 2. The van der Waals surface area contributed by atoms with Crippen molar-refractivity contribution < 1.29 is 19.1 Å². The summed E-state index contributed by atoms with van der Waals surface area (Å²) in [4.78, 5) is 26.5. The zero-order chi connectivity index (χ0) is 12.1. The van der Waals surface area contributed by atoms with E-state index in [0.29, 0.717) is 0 Å². The summed E-state index contributed by atoms with van der Waals surface area (Å²) < 4.78 is 9.94. The molecule has 6 nitrogen and oxygen atoms in total. The van der Waals surface area contributed by atoms with Crippen molar-refractivity contribution in [1.82, 2.24) is 5.32 Å². The van der Waals surface area contributed by atoms with Crippen LogP contribution in [0.25, 0.3) is 0 Å². The number of nitrogens with zero attached hydrogens (tertiary/aromatic N) is 1. The van der Waals surface area contributed by atoms with E-state index in [1.807, 2.05) is 13.8 Å². The fourth-order valence-corrected chi connectivity index (χ4v) is 1.15. The molecule has 1 N–H and O–H groups in total. The summed E-state index contributed by atoms with van der Waals surface area (Å²) in [5, 5.41) is 2.71. The molecule has 0 bridgehead atoms. The van der Waals surface area contributed by atoms with E-state index in [9.17, 15) is 9.59 Å². The van der Waals surface area contributed by atoms with E-state index in [4.69, 9.17) is 9.47 Å². The highest BCUT2D eigenvalue weighted by molar-refractivity contribution is 5.89. The largest absolute Gasteiger partial charge is 0.442 e. The lowest BCUT2D eigenvalue weighted by Crippen LogP contribution is -2.37. The van der Waals surface area contributed by atoms with E-state index in [1.54, 1.807) is 6.92 Å². The second-order valence-corrected chi connectivity index (χ2v) is 3.78. The summed E-state index contributed by atoms with van der Waals surface area (Å²) in [5.74, 6) is -0.916. The Balaban J connectivity index is 2.77. The lowest BCUT2D eigenvalue weighted by atomic mass is 10.3. The van der Waals surface area contributed by atoms with E-state index in [-0.39, 0.29) is 24.9 Å². The molecule has 0 aromatic rings. The van der Waals surface area contributed by atoms with Crippen molar-refractivity contribution in [1.29, 1.82) is 0 Å². The van der Waals surface area contributed by atoms with Crippen LogP contribution in [0.3, 0.4) is 0 Å². The highest BCUT2D eigenvalue weighted by Crippen LogP contribution is 2.03. The molecule has 0 radical (unpaired) electrons. The molecule has 1 saturated heterocycles. The van der Waals surface area contributed by atoms with Gasteiger partial charge in [-0.2, -0.15) is 0 Å². The SMILES string of the molecule is CC(C)/N=C1/NC(C)OC(=O)CCC(=O)O1. The minimum atomic E-state index is -0.559. The van der Waals surface area contributed by atoms with E-state index < -0.39 is 18.2 Å². The third-order valence-corrected chi connectivity index (χ3v) is 1.75. The number of hydrogen-bond acceptors (Lipinski definition) is 5. The average molecular weight is 228 g/mol. The zero-order valence-corrected chi connectivity index (χ0v) is 9.65. The molecule has 1 rings (SSSR count). The van der Waals surface area contributed by atoms with Gasteiger partial charge in [-0.15, -0.1) is 0 Å². The highest BCUT2D eigenvalue weighted by Gasteiger charge is 2.19. The van der Waals surface area contributed by atoms with Crippen LogP contribution in [0.1, 0.15) is 33.6 Å². The lowest BCUT2D eigenvalue weighted by molar-refractivity contribution is -0.150. The Morgan fingerprint density at radius 2 is 1.94 bits per heavy atom. The van der Waals surface area contributed by atoms with Gasteiger partial charge >= 0.3 is 11.9 Å². The van der Waals surface area contributed by atoms with Crippen LogP contribution >= 0.6 is 0 Å². The molecular weight excluding hydrogens is 212 g/mol. The second-order valence-electron chi connectivity index (χ2n) is 3.78. The minimum Gasteiger partial charge on any atom is -0.442 e. The summed E-state index contributed by atoms with van der Waals surface area (Å²) in [7, 11) is 0. The lowest BCUT2D eigenvalue weighted by Gasteiger charge is -2.15. The number of aliphatic imine (C=N–C) groups is 1. The van der Waals surface area contributed by atoms with Crippen LogP contribution in [-0.4, -0.2) is 30.2 Å². The maximum Gasteiger partial charge on any atom is 0.314 e. The Kier molecular flexibility index (Phi) is 4.28. The zero-order valence-electron chi connectivity index (χ0n) is 9.65. The summed E-state index contributed by atoms with van der Waals surface area (Å²) >= 11 is 0. The molecule has 1 fully saturated rings. The van der Waals surface area contributed by atoms with E-state index in [1.165, 1.54) is 0 Å². The number of carbonyl (C=O) groups is 2. The first-order chi connectivity index (χ1) is 7.47. The first kappa shape index (κ1) is 12.5. The van der Waals surface area contributed by atoms with Gasteiger partial charge in [0.1, 0.15) is 0 Å². The molecule has 6 heteroatoms. The molecule has 0 aliphatic carbocycles. The number of carbonyl (C=O) groups excluding carboxylic acids is 2. The van der Waals surface area contributed by atoms with Crippen molar-refractivity contribution in [2.45, 2.75) is 45.9 Å². The van der Waals surface area contributed by atoms with Gasteiger partial charge in [-0.3, -0.25) is 9.59 Å². The molecule has 0 aromatic heterocycles. The fourth-order valence-electron chi connectivity index (χ4n) is 1.15. The number of nitrogens with one attached hydrogen (secondary N) is 1. The Labute approximate surface area is 94.0 Å². The van der Waals surface area contributed by atoms with E-state index in [0.717, 1.165) is 0 Å². The van der Waals surface area contributed by atoms with E-state index in [2.05, 4.69) is 10.3 Å². The van der Waals surface area contributed by atoms with Crippen molar-refractivity contribution in [2.75, 3.05) is 0 Å². The van der Waals surface area contributed by atoms with Crippen molar-refractivity contribution >= 4 is 18.0 Å². The van der Waals surface area contributed by atoms with Crippen LogP contribution in [0.4, 0.5) is 0 Å². The van der Waals surface area contributed by atoms with Crippen molar-refractivity contribution in [3.63, 3.8) is 0 Å². The van der Waals surface area contributed by atoms with Crippen LogP contribution < -0.4 is 5.32 Å². The van der Waals surface area contributed by atoms with Gasteiger partial charge in [0.2, 0.25) is 0 Å². The van der Waals surface area contributed by atoms with Gasteiger partial charge in [-0.05, 0) is 20.8 Å². The molecule has 0 saturated carbocycles. The maximum absolute atomic E-state index is 11.3. The molecular formula is C10H16N2O4. The van der Waals surface area contributed by atoms with Gasteiger partial charge in [0.15, 0.2) is 6.23 Å².